The summed E-state index contributed by atoms with van der Waals surface area (Å²) >= 11 is 1.39. The molecule has 0 fully saturated rings. The first kappa shape index (κ1) is 19.8. The lowest BCUT2D eigenvalue weighted by Crippen LogP contribution is -2.26. The van der Waals surface area contributed by atoms with Gasteiger partial charge in [-0.15, -0.1) is 11.3 Å². The standard InChI is InChI=1S/C22H21N3O4S/c1-27-14-6-4-13(5-7-14)16-12-30-22(24-16)20-18(26)11-25(21(20)23)17-10-15(28-2)8-9-19(17)29-3/h4-10,12,23,26H,11H2,1-3H3. The fraction of sp³-hybridized carbons (Fsp3) is 0.182. The summed E-state index contributed by atoms with van der Waals surface area (Å²) in [4.78, 5) is 6.34. The van der Waals surface area contributed by atoms with Crippen LogP contribution in [0.2, 0.25) is 0 Å². The third kappa shape index (κ3) is 3.46. The third-order valence-corrected chi connectivity index (χ3v) is 5.74. The number of anilines is 1. The number of benzene rings is 2. The molecule has 1 aromatic heterocycles. The van der Waals surface area contributed by atoms with Gasteiger partial charge in [-0.2, -0.15) is 0 Å². The van der Waals surface area contributed by atoms with Crippen LogP contribution in [0.4, 0.5) is 5.69 Å². The number of amidine groups is 1. The highest BCUT2D eigenvalue weighted by atomic mass is 32.1. The Morgan fingerprint density at radius 2 is 1.70 bits per heavy atom. The molecule has 7 nitrogen and oxygen atoms in total. The molecule has 0 atom stereocenters. The topological polar surface area (TPSA) is 87.9 Å². The highest BCUT2D eigenvalue weighted by molar-refractivity contribution is 7.11. The summed E-state index contributed by atoms with van der Waals surface area (Å²) in [7, 11) is 4.78. The summed E-state index contributed by atoms with van der Waals surface area (Å²) < 4.78 is 16.0. The van der Waals surface area contributed by atoms with Crippen molar-refractivity contribution in [3.63, 3.8) is 0 Å². The fourth-order valence-corrected chi connectivity index (χ4v) is 4.20. The summed E-state index contributed by atoms with van der Waals surface area (Å²) in [6, 6.07) is 13.0. The van der Waals surface area contributed by atoms with Crippen LogP contribution in [-0.2, 0) is 0 Å². The largest absolute Gasteiger partial charge is 0.510 e. The number of nitrogens with zero attached hydrogens (tertiary/aromatic N) is 2. The Morgan fingerprint density at radius 1 is 1.00 bits per heavy atom. The molecule has 3 aromatic rings. The molecule has 1 aliphatic rings. The van der Waals surface area contributed by atoms with E-state index in [0.29, 0.717) is 27.8 Å². The molecule has 0 unspecified atom stereocenters. The van der Waals surface area contributed by atoms with E-state index in [0.717, 1.165) is 17.0 Å². The van der Waals surface area contributed by atoms with Gasteiger partial charge in [0.25, 0.3) is 0 Å². The van der Waals surface area contributed by atoms with Gasteiger partial charge in [-0.05, 0) is 36.4 Å². The van der Waals surface area contributed by atoms with Crippen LogP contribution < -0.4 is 19.1 Å². The number of aliphatic hydroxyl groups is 1. The van der Waals surface area contributed by atoms with E-state index in [-0.39, 0.29) is 18.1 Å². The number of ether oxygens (including phenoxy) is 3. The molecule has 8 heteroatoms. The number of aliphatic hydroxyl groups excluding tert-OH is 1. The van der Waals surface area contributed by atoms with Gasteiger partial charge in [-0.1, -0.05) is 0 Å². The molecule has 0 amide bonds. The number of methoxy groups -OCH3 is 3. The van der Waals surface area contributed by atoms with Crippen molar-refractivity contribution in [1.82, 2.24) is 4.98 Å². The van der Waals surface area contributed by atoms with Crippen LogP contribution in [0.3, 0.4) is 0 Å². The first-order valence-electron chi connectivity index (χ1n) is 9.16. The second kappa shape index (κ2) is 8.08. The molecule has 2 heterocycles. The van der Waals surface area contributed by atoms with Crippen LogP contribution >= 0.6 is 11.3 Å². The van der Waals surface area contributed by atoms with E-state index in [2.05, 4.69) is 4.98 Å². The monoisotopic (exact) mass is 423 g/mol. The van der Waals surface area contributed by atoms with Crippen molar-refractivity contribution < 1.29 is 19.3 Å². The highest BCUT2D eigenvalue weighted by Crippen LogP contribution is 2.39. The zero-order valence-electron chi connectivity index (χ0n) is 16.8. The fourth-order valence-electron chi connectivity index (χ4n) is 3.30. The van der Waals surface area contributed by atoms with Gasteiger partial charge in [-0.3, -0.25) is 5.41 Å². The Bertz CT molecular complexity index is 1120. The van der Waals surface area contributed by atoms with Crippen LogP contribution in [0.25, 0.3) is 16.8 Å². The van der Waals surface area contributed by atoms with Crippen molar-refractivity contribution in [3.05, 3.63) is 58.6 Å². The molecule has 2 aromatic carbocycles. The Balaban J connectivity index is 1.64. The molecular weight excluding hydrogens is 402 g/mol. The minimum absolute atomic E-state index is 0.0977. The number of hydrogen-bond donors (Lipinski definition) is 2. The van der Waals surface area contributed by atoms with Crippen LogP contribution in [0, 0.1) is 5.41 Å². The molecule has 0 saturated heterocycles. The summed E-state index contributed by atoms with van der Waals surface area (Å²) in [5.41, 5.74) is 2.79. The number of rotatable bonds is 6. The molecule has 0 bridgehead atoms. The average Bonchev–Trinajstić information content (AvgIpc) is 3.37. The van der Waals surface area contributed by atoms with Crippen molar-refractivity contribution in [2.45, 2.75) is 0 Å². The lowest BCUT2D eigenvalue weighted by Gasteiger charge is -2.21. The second-order valence-corrected chi connectivity index (χ2v) is 7.42. The van der Waals surface area contributed by atoms with Gasteiger partial charge < -0.3 is 24.2 Å². The van der Waals surface area contributed by atoms with E-state index in [1.165, 1.54) is 11.3 Å². The molecule has 154 valence electrons. The van der Waals surface area contributed by atoms with Crippen LogP contribution in [0.15, 0.2) is 53.6 Å². The lowest BCUT2D eigenvalue weighted by atomic mass is 10.1. The molecule has 30 heavy (non-hydrogen) atoms. The van der Waals surface area contributed by atoms with Crippen molar-refractivity contribution >= 4 is 28.4 Å². The Kier molecular flexibility index (Phi) is 5.33. The van der Waals surface area contributed by atoms with E-state index in [1.807, 2.05) is 29.6 Å². The number of nitrogens with one attached hydrogen (secondary N) is 1. The zero-order chi connectivity index (χ0) is 21.3. The normalized spacial score (nSPS) is 13.7. The molecule has 4 rings (SSSR count). The summed E-state index contributed by atoms with van der Waals surface area (Å²) in [6.45, 7) is 0.162. The molecule has 0 spiro atoms. The van der Waals surface area contributed by atoms with E-state index in [9.17, 15) is 5.11 Å². The predicted molar refractivity (Wildman–Crippen MR) is 118 cm³/mol. The number of thiazole rings is 1. The highest BCUT2D eigenvalue weighted by Gasteiger charge is 2.33. The third-order valence-electron chi connectivity index (χ3n) is 4.88. The Morgan fingerprint density at radius 3 is 2.37 bits per heavy atom. The number of hydrogen-bond acceptors (Lipinski definition) is 7. The van der Waals surface area contributed by atoms with Gasteiger partial charge in [0, 0.05) is 17.0 Å². The molecular formula is C22H21N3O4S. The van der Waals surface area contributed by atoms with Crippen molar-refractivity contribution in [1.29, 1.82) is 5.41 Å². The second-order valence-electron chi connectivity index (χ2n) is 6.56. The molecule has 0 saturated carbocycles. The average molecular weight is 423 g/mol. The summed E-state index contributed by atoms with van der Waals surface area (Å²) in [5, 5.41) is 21.9. The van der Waals surface area contributed by atoms with Gasteiger partial charge in [0.05, 0.1) is 44.8 Å². The molecule has 0 radical (unpaired) electrons. The van der Waals surface area contributed by atoms with Gasteiger partial charge in [-0.25, -0.2) is 4.98 Å². The Hall–Kier alpha value is -3.52. The van der Waals surface area contributed by atoms with Crippen LogP contribution in [-0.4, -0.2) is 43.8 Å². The van der Waals surface area contributed by atoms with Gasteiger partial charge in [0.1, 0.15) is 33.9 Å². The predicted octanol–water partition coefficient (Wildman–Crippen LogP) is 4.60. The van der Waals surface area contributed by atoms with E-state index < -0.39 is 0 Å². The molecule has 2 N–H and O–H groups in total. The maximum Gasteiger partial charge on any atom is 0.142 e. The van der Waals surface area contributed by atoms with Crippen molar-refractivity contribution in [2.75, 3.05) is 32.8 Å². The molecule has 1 aliphatic heterocycles. The maximum absolute atomic E-state index is 10.7. The van der Waals surface area contributed by atoms with Crippen LogP contribution in [0.1, 0.15) is 5.01 Å². The van der Waals surface area contributed by atoms with Crippen molar-refractivity contribution in [2.24, 2.45) is 0 Å². The van der Waals surface area contributed by atoms with Crippen molar-refractivity contribution in [3.8, 4) is 28.5 Å². The first-order chi connectivity index (χ1) is 14.5. The minimum Gasteiger partial charge on any atom is -0.510 e. The zero-order valence-corrected chi connectivity index (χ0v) is 17.6. The van der Waals surface area contributed by atoms with Gasteiger partial charge in [0.2, 0.25) is 0 Å². The number of aromatic nitrogens is 1. The SMILES string of the molecule is COc1ccc(-c2csc(C3=C(O)CN(c4cc(OC)ccc4OC)C3=N)n2)cc1. The minimum atomic E-state index is 0.0977. The van der Waals surface area contributed by atoms with Gasteiger partial charge in [0.15, 0.2) is 0 Å². The quantitative estimate of drug-likeness (QED) is 0.602. The Labute approximate surface area is 178 Å². The summed E-state index contributed by atoms with van der Waals surface area (Å²) in [6.07, 6.45) is 0. The summed E-state index contributed by atoms with van der Waals surface area (Å²) in [5.74, 6) is 2.26. The maximum atomic E-state index is 10.7. The van der Waals surface area contributed by atoms with E-state index in [4.69, 9.17) is 19.6 Å². The lowest BCUT2D eigenvalue weighted by molar-refractivity contribution is 0.400. The molecule has 0 aliphatic carbocycles. The van der Waals surface area contributed by atoms with Crippen LogP contribution in [0.5, 0.6) is 17.2 Å². The van der Waals surface area contributed by atoms with Gasteiger partial charge >= 0.3 is 0 Å². The first-order valence-corrected chi connectivity index (χ1v) is 10.0. The smallest absolute Gasteiger partial charge is 0.142 e. The van der Waals surface area contributed by atoms with E-state index >= 15 is 0 Å². The van der Waals surface area contributed by atoms with E-state index in [1.54, 1.807) is 44.4 Å².